The Labute approximate surface area is 207 Å². The molecule has 12 heteroatoms. The number of rotatable bonds is 8. The number of methoxy groups -OCH3 is 1. The van der Waals surface area contributed by atoms with E-state index >= 15 is 0 Å². The van der Waals surface area contributed by atoms with E-state index in [0.29, 0.717) is 37.4 Å². The van der Waals surface area contributed by atoms with E-state index < -0.39 is 24.7 Å². The summed E-state index contributed by atoms with van der Waals surface area (Å²) in [5, 5.41) is 5.54. The Kier molecular flexibility index (Phi) is 8.72. The van der Waals surface area contributed by atoms with Crippen LogP contribution in [0, 0.1) is 6.92 Å². The molecular weight excluding hydrogens is 479 g/mol. The summed E-state index contributed by atoms with van der Waals surface area (Å²) in [7, 11) is 1.63. The summed E-state index contributed by atoms with van der Waals surface area (Å²) in [5.41, 5.74) is 1.59. The number of hydrogen-bond acceptors (Lipinski definition) is 7. The van der Waals surface area contributed by atoms with E-state index in [1.807, 2.05) is 4.90 Å². The number of carbonyl (C=O) groups excluding carboxylic acids is 2. The molecule has 3 rings (SSSR count). The van der Waals surface area contributed by atoms with Crippen LogP contribution in [-0.2, 0) is 9.53 Å². The first-order valence-corrected chi connectivity index (χ1v) is 11.5. The van der Waals surface area contributed by atoms with Gasteiger partial charge in [-0.25, -0.2) is 4.98 Å². The van der Waals surface area contributed by atoms with Gasteiger partial charge in [0.25, 0.3) is 5.91 Å². The number of alkyl halides is 3. The van der Waals surface area contributed by atoms with Gasteiger partial charge in [0.2, 0.25) is 11.8 Å². The van der Waals surface area contributed by atoms with Gasteiger partial charge in [0.05, 0.1) is 17.7 Å². The smallest absolute Gasteiger partial charge is 0.422 e. The van der Waals surface area contributed by atoms with Crippen LogP contribution >= 0.6 is 0 Å². The average molecular weight is 510 g/mol. The van der Waals surface area contributed by atoms with E-state index in [4.69, 9.17) is 9.47 Å². The Hall–Kier alpha value is -3.41. The molecule has 1 aliphatic heterocycles. The highest BCUT2D eigenvalue weighted by molar-refractivity contribution is 5.99. The Balaban J connectivity index is 1.84. The monoisotopic (exact) mass is 509 g/mol. The second-order valence-corrected chi connectivity index (χ2v) is 8.65. The fourth-order valence-electron chi connectivity index (χ4n) is 3.94. The molecule has 36 heavy (non-hydrogen) atoms. The molecule has 0 radical (unpaired) electrons. The fraction of sp³-hybridized carbons (Fsp3) is 0.500. The van der Waals surface area contributed by atoms with E-state index in [1.165, 1.54) is 19.1 Å². The third-order valence-electron chi connectivity index (χ3n) is 5.68. The standard InChI is InChI=1S/C24H30F3N5O4/c1-14-11-17(12-20(28-14)30-16(3)33)15(2)29-23(34)19-5-6-21(36-13-24(25,26)27)31-22(19)32-9-7-18(35-4)8-10-32/h5-6,11-12,15,18H,7-10,13H2,1-4H3,(H,29,34)(H,28,30,33). The van der Waals surface area contributed by atoms with Crippen molar-refractivity contribution in [3.05, 3.63) is 41.1 Å². The molecule has 9 nitrogen and oxygen atoms in total. The van der Waals surface area contributed by atoms with Crippen LogP contribution in [0.5, 0.6) is 5.88 Å². The topological polar surface area (TPSA) is 106 Å². The normalized spacial score (nSPS) is 15.4. The molecule has 0 saturated carbocycles. The summed E-state index contributed by atoms with van der Waals surface area (Å²) in [4.78, 5) is 35.1. The van der Waals surface area contributed by atoms with Gasteiger partial charge >= 0.3 is 6.18 Å². The second-order valence-electron chi connectivity index (χ2n) is 8.65. The molecule has 0 aliphatic carbocycles. The molecule has 2 N–H and O–H groups in total. The maximum absolute atomic E-state index is 13.3. The highest BCUT2D eigenvalue weighted by Gasteiger charge is 2.30. The number of halogens is 3. The Morgan fingerprint density at radius 2 is 1.89 bits per heavy atom. The summed E-state index contributed by atoms with van der Waals surface area (Å²) in [6.45, 7) is 4.49. The van der Waals surface area contributed by atoms with Crippen LogP contribution in [-0.4, -0.2) is 60.9 Å². The number of nitrogens with one attached hydrogen (secondary N) is 2. The van der Waals surface area contributed by atoms with Crippen molar-refractivity contribution < 1.29 is 32.2 Å². The quantitative estimate of drug-likeness (QED) is 0.558. The first-order chi connectivity index (χ1) is 16.9. The van der Waals surface area contributed by atoms with Crippen LogP contribution in [0.4, 0.5) is 24.8 Å². The van der Waals surface area contributed by atoms with E-state index in [1.54, 1.807) is 33.1 Å². The lowest BCUT2D eigenvalue weighted by Gasteiger charge is -2.33. The molecule has 1 atom stereocenters. The minimum atomic E-state index is -4.51. The molecular formula is C24H30F3N5O4. The summed E-state index contributed by atoms with van der Waals surface area (Å²) >= 11 is 0. The summed E-state index contributed by atoms with van der Waals surface area (Å²) in [6.07, 6.45) is -3.07. The highest BCUT2D eigenvalue weighted by Crippen LogP contribution is 2.28. The van der Waals surface area contributed by atoms with Gasteiger partial charge in [-0.2, -0.15) is 18.2 Å². The number of pyridine rings is 2. The zero-order valence-electron chi connectivity index (χ0n) is 20.6. The average Bonchev–Trinajstić information content (AvgIpc) is 2.81. The van der Waals surface area contributed by atoms with Crippen LogP contribution in [0.1, 0.15) is 54.3 Å². The van der Waals surface area contributed by atoms with Crippen LogP contribution in [0.25, 0.3) is 0 Å². The number of carbonyl (C=O) groups is 2. The molecule has 1 saturated heterocycles. The van der Waals surface area contributed by atoms with Crippen LogP contribution in [0.3, 0.4) is 0 Å². The van der Waals surface area contributed by atoms with Gasteiger partial charge in [0.1, 0.15) is 11.6 Å². The van der Waals surface area contributed by atoms with E-state index in [2.05, 4.69) is 20.6 Å². The molecule has 3 heterocycles. The number of anilines is 2. The lowest BCUT2D eigenvalue weighted by Crippen LogP contribution is -2.39. The minimum absolute atomic E-state index is 0.0657. The van der Waals surface area contributed by atoms with Gasteiger partial charge in [-0.05, 0) is 50.5 Å². The Morgan fingerprint density at radius 3 is 2.50 bits per heavy atom. The Bertz CT molecular complexity index is 1090. The van der Waals surface area contributed by atoms with Crippen molar-refractivity contribution in [2.24, 2.45) is 0 Å². The molecule has 0 bridgehead atoms. The van der Waals surface area contributed by atoms with Crippen molar-refractivity contribution >= 4 is 23.5 Å². The van der Waals surface area contributed by atoms with Gasteiger partial charge in [-0.15, -0.1) is 0 Å². The number of aromatic nitrogens is 2. The van der Waals surface area contributed by atoms with Crippen LogP contribution in [0.15, 0.2) is 24.3 Å². The van der Waals surface area contributed by atoms with Crippen molar-refractivity contribution in [2.45, 2.75) is 51.9 Å². The first kappa shape index (κ1) is 27.2. The predicted octanol–water partition coefficient (Wildman–Crippen LogP) is 3.79. The number of hydrogen-bond donors (Lipinski definition) is 2. The molecule has 1 fully saturated rings. The van der Waals surface area contributed by atoms with Gasteiger partial charge < -0.3 is 25.0 Å². The number of nitrogens with zero attached hydrogens (tertiary/aromatic N) is 3. The van der Waals surface area contributed by atoms with Gasteiger partial charge in [-0.3, -0.25) is 9.59 Å². The van der Waals surface area contributed by atoms with E-state index in [0.717, 1.165) is 5.56 Å². The number of amides is 2. The zero-order valence-corrected chi connectivity index (χ0v) is 20.6. The summed E-state index contributed by atoms with van der Waals surface area (Å²) in [6, 6.07) is 5.67. The molecule has 1 aliphatic rings. The molecule has 2 amide bonds. The molecule has 196 valence electrons. The van der Waals surface area contributed by atoms with Crippen molar-refractivity contribution in [2.75, 3.05) is 37.0 Å². The zero-order chi connectivity index (χ0) is 26.5. The minimum Gasteiger partial charge on any atom is -0.468 e. The second kappa shape index (κ2) is 11.5. The van der Waals surface area contributed by atoms with Gasteiger partial charge in [0, 0.05) is 38.9 Å². The fourth-order valence-corrected chi connectivity index (χ4v) is 3.94. The third kappa shape index (κ3) is 7.54. The summed E-state index contributed by atoms with van der Waals surface area (Å²) < 4.78 is 48.2. The number of piperidine rings is 1. The van der Waals surface area contributed by atoms with Crippen LogP contribution < -0.4 is 20.3 Å². The third-order valence-corrected chi connectivity index (χ3v) is 5.68. The lowest BCUT2D eigenvalue weighted by molar-refractivity contribution is -0.154. The molecule has 0 aromatic carbocycles. The van der Waals surface area contributed by atoms with Crippen LogP contribution in [0.2, 0.25) is 0 Å². The van der Waals surface area contributed by atoms with Crippen molar-refractivity contribution in [1.29, 1.82) is 0 Å². The predicted molar refractivity (Wildman–Crippen MR) is 127 cm³/mol. The molecule has 2 aromatic heterocycles. The molecule has 0 spiro atoms. The summed E-state index contributed by atoms with van der Waals surface area (Å²) in [5.74, 6) is -0.314. The maximum Gasteiger partial charge on any atom is 0.422 e. The highest BCUT2D eigenvalue weighted by atomic mass is 19.4. The number of ether oxygens (including phenoxy) is 2. The van der Waals surface area contributed by atoms with Gasteiger partial charge in [-0.1, -0.05) is 0 Å². The Morgan fingerprint density at radius 1 is 1.19 bits per heavy atom. The van der Waals surface area contributed by atoms with E-state index in [-0.39, 0.29) is 29.3 Å². The largest absolute Gasteiger partial charge is 0.468 e. The molecule has 2 aromatic rings. The maximum atomic E-state index is 13.3. The number of aryl methyl sites for hydroxylation is 1. The van der Waals surface area contributed by atoms with Crippen molar-refractivity contribution in [3.63, 3.8) is 0 Å². The van der Waals surface area contributed by atoms with Crippen molar-refractivity contribution in [1.82, 2.24) is 15.3 Å². The molecule has 1 unspecified atom stereocenters. The first-order valence-electron chi connectivity index (χ1n) is 11.5. The van der Waals surface area contributed by atoms with E-state index in [9.17, 15) is 22.8 Å². The van der Waals surface area contributed by atoms with Crippen molar-refractivity contribution in [3.8, 4) is 5.88 Å². The lowest BCUT2D eigenvalue weighted by atomic mass is 10.1. The SMILES string of the molecule is COC1CCN(c2nc(OCC(F)(F)F)ccc2C(=O)NC(C)c2cc(C)nc(NC(C)=O)c2)CC1. The van der Waals surface area contributed by atoms with Gasteiger partial charge in [0.15, 0.2) is 6.61 Å².